The lowest BCUT2D eigenvalue weighted by Crippen LogP contribution is -2.41. The summed E-state index contributed by atoms with van der Waals surface area (Å²) in [5.41, 5.74) is 1.32. The Labute approximate surface area is 104 Å². The van der Waals surface area contributed by atoms with Gasteiger partial charge in [-0.2, -0.15) is 0 Å². The van der Waals surface area contributed by atoms with E-state index in [1.807, 2.05) is 0 Å². The molecule has 1 heterocycles. The Morgan fingerprint density at radius 3 is 2.76 bits per heavy atom. The molecule has 1 saturated heterocycles. The van der Waals surface area contributed by atoms with E-state index in [1.54, 1.807) is 0 Å². The quantitative estimate of drug-likeness (QED) is 0.865. The van der Waals surface area contributed by atoms with Crippen LogP contribution in [0.3, 0.4) is 0 Å². The summed E-state index contributed by atoms with van der Waals surface area (Å²) in [7, 11) is 0. The van der Waals surface area contributed by atoms with Gasteiger partial charge >= 0.3 is 0 Å². The second-order valence-electron chi connectivity index (χ2n) is 5.32. The second kappa shape index (κ2) is 5.54. The number of ether oxygens (including phenoxy) is 1. The lowest BCUT2D eigenvalue weighted by Gasteiger charge is -2.31. The summed E-state index contributed by atoms with van der Waals surface area (Å²) in [6.45, 7) is 8.82. The molecule has 0 aliphatic carbocycles. The summed E-state index contributed by atoms with van der Waals surface area (Å²) in [6, 6.07) is 8.43. The lowest BCUT2D eigenvalue weighted by atomic mass is 9.97. The van der Waals surface area contributed by atoms with Gasteiger partial charge in [-0.3, -0.25) is 0 Å². The smallest absolute Gasteiger partial charge is 0.123 e. The molecule has 0 radical (unpaired) electrons. The van der Waals surface area contributed by atoms with Gasteiger partial charge in [-0.05, 0) is 30.5 Å². The zero-order valence-corrected chi connectivity index (χ0v) is 11.1. The summed E-state index contributed by atoms with van der Waals surface area (Å²) in [5, 5.41) is 3.41. The van der Waals surface area contributed by atoms with Gasteiger partial charge in [0, 0.05) is 12.5 Å². The number of para-hydroxylation sites is 1. The van der Waals surface area contributed by atoms with Crippen molar-refractivity contribution in [3.05, 3.63) is 29.8 Å². The highest BCUT2D eigenvalue weighted by Gasteiger charge is 2.23. The largest absolute Gasteiger partial charge is 0.490 e. The number of piperidine rings is 1. The molecule has 0 bridgehead atoms. The molecular weight excluding hydrogens is 210 g/mol. The first kappa shape index (κ1) is 12.4. The molecule has 0 saturated carbocycles. The van der Waals surface area contributed by atoms with Crippen LogP contribution in [0.1, 0.15) is 38.7 Å². The van der Waals surface area contributed by atoms with Gasteiger partial charge in [-0.15, -0.1) is 0 Å². The van der Waals surface area contributed by atoms with Crippen LogP contribution >= 0.6 is 0 Å². The van der Waals surface area contributed by atoms with Crippen molar-refractivity contribution in [1.29, 1.82) is 0 Å². The maximum Gasteiger partial charge on any atom is 0.123 e. The summed E-state index contributed by atoms with van der Waals surface area (Å²) >= 11 is 0. The van der Waals surface area contributed by atoms with Gasteiger partial charge < -0.3 is 10.1 Å². The number of hydrogen-bond acceptors (Lipinski definition) is 2. The molecule has 1 aliphatic heterocycles. The lowest BCUT2D eigenvalue weighted by molar-refractivity contribution is 0.110. The molecule has 0 aromatic heterocycles. The normalized spacial score (nSPS) is 24.9. The molecular formula is C15H23NO. The molecule has 2 rings (SSSR count). The van der Waals surface area contributed by atoms with E-state index >= 15 is 0 Å². The highest BCUT2D eigenvalue weighted by atomic mass is 16.5. The molecule has 94 valence electrons. The van der Waals surface area contributed by atoms with Crippen LogP contribution in [0.5, 0.6) is 5.75 Å². The zero-order valence-electron chi connectivity index (χ0n) is 11.1. The highest BCUT2D eigenvalue weighted by Crippen LogP contribution is 2.28. The monoisotopic (exact) mass is 233 g/mol. The van der Waals surface area contributed by atoms with Gasteiger partial charge in [0.15, 0.2) is 0 Å². The number of nitrogens with one attached hydrogen (secondary N) is 1. The number of hydrogen-bond donors (Lipinski definition) is 1. The van der Waals surface area contributed by atoms with Crippen LogP contribution in [0.25, 0.3) is 0 Å². The van der Waals surface area contributed by atoms with E-state index in [4.69, 9.17) is 4.74 Å². The van der Waals surface area contributed by atoms with Crippen LogP contribution in [0.2, 0.25) is 0 Å². The average Bonchev–Trinajstić information content (AvgIpc) is 2.32. The fourth-order valence-corrected chi connectivity index (χ4v) is 2.39. The van der Waals surface area contributed by atoms with Crippen LogP contribution in [0, 0.1) is 5.92 Å². The van der Waals surface area contributed by atoms with Gasteiger partial charge in [-0.1, -0.05) is 39.0 Å². The first-order valence-corrected chi connectivity index (χ1v) is 6.64. The van der Waals surface area contributed by atoms with Crippen LogP contribution in [-0.4, -0.2) is 19.2 Å². The topological polar surface area (TPSA) is 21.3 Å². The minimum absolute atomic E-state index is 0.358. The summed E-state index contributed by atoms with van der Waals surface area (Å²) in [5.74, 6) is 2.17. The van der Waals surface area contributed by atoms with E-state index < -0.39 is 0 Å². The molecule has 17 heavy (non-hydrogen) atoms. The van der Waals surface area contributed by atoms with Crippen molar-refractivity contribution >= 4 is 0 Å². The van der Waals surface area contributed by atoms with Crippen molar-refractivity contribution < 1.29 is 4.74 Å². The molecule has 2 heteroatoms. The number of rotatable bonds is 3. The van der Waals surface area contributed by atoms with E-state index in [0.717, 1.165) is 25.3 Å². The standard InChI is InChI=1S/C15H23NO/c1-11(2)13-6-4-5-7-15(13)17-14-8-9-16-10-12(14)3/h4-7,11-12,14,16H,8-10H2,1-3H3. The van der Waals surface area contributed by atoms with Crippen LogP contribution in [-0.2, 0) is 0 Å². The van der Waals surface area contributed by atoms with Crippen molar-refractivity contribution in [3.63, 3.8) is 0 Å². The molecule has 0 amide bonds. The average molecular weight is 233 g/mol. The van der Waals surface area contributed by atoms with E-state index in [0.29, 0.717) is 17.9 Å². The van der Waals surface area contributed by atoms with Crippen molar-refractivity contribution in [3.8, 4) is 5.75 Å². The highest BCUT2D eigenvalue weighted by molar-refractivity contribution is 5.35. The van der Waals surface area contributed by atoms with Gasteiger partial charge in [0.1, 0.15) is 11.9 Å². The Morgan fingerprint density at radius 1 is 1.29 bits per heavy atom. The number of benzene rings is 1. The first-order chi connectivity index (χ1) is 8.18. The maximum atomic E-state index is 6.22. The predicted molar refractivity (Wildman–Crippen MR) is 71.6 cm³/mol. The SMILES string of the molecule is CC(C)c1ccccc1OC1CCNCC1C. The van der Waals surface area contributed by atoms with E-state index in [9.17, 15) is 0 Å². The van der Waals surface area contributed by atoms with E-state index in [1.165, 1.54) is 5.56 Å². The third-order valence-electron chi connectivity index (χ3n) is 3.53. The molecule has 1 aromatic rings. The third-order valence-corrected chi connectivity index (χ3v) is 3.53. The fourth-order valence-electron chi connectivity index (χ4n) is 2.39. The van der Waals surface area contributed by atoms with E-state index in [2.05, 4.69) is 50.4 Å². The molecule has 2 unspecified atom stereocenters. The Bertz CT molecular complexity index is 362. The minimum Gasteiger partial charge on any atom is -0.490 e. The fraction of sp³-hybridized carbons (Fsp3) is 0.600. The molecule has 1 aromatic carbocycles. The van der Waals surface area contributed by atoms with Crippen LogP contribution in [0.4, 0.5) is 0 Å². The van der Waals surface area contributed by atoms with Gasteiger partial charge in [0.05, 0.1) is 0 Å². The first-order valence-electron chi connectivity index (χ1n) is 6.64. The third kappa shape index (κ3) is 3.01. The van der Waals surface area contributed by atoms with Crippen LogP contribution < -0.4 is 10.1 Å². The molecule has 1 N–H and O–H groups in total. The maximum absolute atomic E-state index is 6.22. The van der Waals surface area contributed by atoms with Gasteiger partial charge in [0.25, 0.3) is 0 Å². The second-order valence-corrected chi connectivity index (χ2v) is 5.32. The van der Waals surface area contributed by atoms with Gasteiger partial charge in [0.2, 0.25) is 0 Å². The molecule has 2 atom stereocenters. The Morgan fingerprint density at radius 2 is 2.06 bits per heavy atom. The Balaban J connectivity index is 2.12. The molecule has 2 nitrogen and oxygen atoms in total. The van der Waals surface area contributed by atoms with Gasteiger partial charge in [-0.25, -0.2) is 0 Å². The molecule has 1 aliphatic rings. The van der Waals surface area contributed by atoms with Crippen molar-refractivity contribution in [2.24, 2.45) is 5.92 Å². The molecule has 0 spiro atoms. The Hall–Kier alpha value is -1.02. The summed E-state index contributed by atoms with van der Waals surface area (Å²) in [4.78, 5) is 0. The minimum atomic E-state index is 0.358. The van der Waals surface area contributed by atoms with E-state index in [-0.39, 0.29) is 0 Å². The molecule has 1 fully saturated rings. The van der Waals surface area contributed by atoms with Crippen molar-refractivity contribution in [1.82, 2.24) is 5.32 Å². The van der Waals surface area contributed by atoms with Crippen molar-refractivity contribution in [2.45, 2.75) is 39.2 Å². The zero-order chi connectivity index (χ0) is 12.3. The van der Waals surface area contributed by atoms with Crippen molar-refractivity contribution in [2.75, 3.05) is 13.1 Å². The van der Waals surface area contributed by atoms with Crippen LogP contribution in [0.15, 0.2) is 24.3 Å². The predicted octanol–water partition coefficient (Wildman–Crippen LogP) is 3.19. The summed E-state index contributed by atoms with van der Waals surface area (Å²) < 4.78 is 6.22. The Kier molecular flexibility index (Phi) is 4.06. The summed E-state index contributed by atoms with van der Waals surface area (Å²) in [6.07, 6.45) is 1.46.